The third-order valence-electron chi connectivity index (χ3n) is 1.99. The predicted octanol–water partition coefficient (Wildman–Crippen LogP) is 4.17. The van der Waals surface area contributed by atoms with Gasteiger partial charge in [-0.1, -0.05) is 6.07 Å². The summed E-state index contributed by atoms with van der Waals surface area (Å²) in [7, 11) is 0. The van der Waals surface area contributed by atoms with Gasteiger partial charge in [-0.2, -0.15) is 0 Å². The van der Waals surface area contributed by atoms with Crippen LogP contribution in [-0.4, -0.2) is 16.1 Å². The fraction of sp³-hybridized carbons (Fsp3) is 0. The first-order valence-electron chi connectivity index (χ1n) is 4.34. The van der Waals surface area contributed by atoms with Gasteiger partial charge in [-0.15, -0.1) is 11.3 Å². The summed E-state index contributed by atoms with van der Waals surface area (Å²) in [5, 5.41) is 8.98. The Morgan fingerprint density at radius 3 is 2.71 bits per heavy atom. The first-order valence-corrected chi connectivity index (χ1v) is 6.74. The van der Waals surface area contributed by atoms with Gasteiger partial charge in [0, 0.05) is 0 Å². The van der Waals surface area contributed by atoms with Crippen LogP contribution in [0.5, 0.6) is 0 Å². The van der Waals surface area contributed by atoms with Crippen LogP contribution in [0.25, 0.3) is 10.4 Å². The molecule has 0 aliphatic carbocycles. The summed E-state index contributed by atoms with van der Waals surface area (Å²) in [5.74, 6) is -1.58. The fourth-order valence-electron chi connectivity index (χ4n) is 1.27. The Labute approximate surface area is 117 Å². The van der Waals surface area contributed by atoms with Gasteiger partial charge < -0.3 is 5.11 Å². The van der Waals surface area contributed by atoms with Gasteiger partial charge in [0.25, 0.3) is 0 Å². The van der Waals surface area contributed by atoms with Crippen LogP contribution in [0, 0.1) is 5.82 Å². The van der Waals surface area contributed by atoms with E-state index in [0.29, 0.717) is 18.8 Å². The molecule has 0 radical (unpaired) electrons. The third kappa shape index (κ3) is 2.56. The molecule has 1 N–H and O–H groups in total. The smallest absolute Gasteiger partial charge is 0.356 e. The Morgan fingerprint density at radius 2 is 2.12 bits per heavy atom. The molecule has 0 fully saturated rings. The van der Waals surface area contributed by atoms with Gasteiger partial charge in [-0.05, 0) is 49.6 Å². The van der Waals surface area contributed by atoms with Crippen molar-refractivity contribution < 1.29 is 14.3 Å². The summed E-state index contributed by atoms with van der Waals surface area (Å²) in [6.45, 7) is 0. The van der Waals surface area contributed by atoms with Crippen molar-refractivity contribution in [3.8, 4) is 10.4 Å². The molecule has 0 atom stereocenters. The Bertz CT molecular complexity index is 600. The minimum Gasteiger partial charge on any atom is -0.476 e. The number of carboxylic acids is 1. The summed E-state index contributed by atoms with van der Waals surface area (Å²) in [5.41, 5.74) is 0.412. The van der Waals surface area contributed by atoms with Crippen molar-refractivity contribution in [2.75, 3.05) is 0 Å². The van der Waals surface area contributed by atoms with E-state index in [-0.39, 0.29) is 5.69 Å². The predicted molar refractivity (Wildman–Crippen MR) is 69.9 cm³/mol. The molecule has 0 aliphatic rings. The molecule has 0 bridgehead atoms. The van der Waals surface area contributed by atoms with Crippen molar-refractivity contribution in [2.24, 2.45) is 0 Å². The number of nitrogens with zero attached hydrogens (tertiary/aromatic N) is 1. The quantitative estimate of drug-likeness (QED) is 0.850. The van der Waals surface area contributed by atoms with Gasteiger partial charge in [-0.25, -0.2) is 14.2 Å². The van der Waals surface area contributed by atoms with Crippen LogP contribution in [0.4, 0.5) is 4.39 Å². The zero-order valence-corrected chi connectivity index (χ0v) is 12.1. The monoisotopic (exact) mass is 379 g/mol. The molecule has 0 unspecified atom stereocenters. The first kappa shape index (κ1) is 12.7. The Kier molecular flexibility index (Phi) is 3.60. The number of rotatable bonds is 2. The molecule has 0 spiro atoms. The number of benzene rings is 1. The number of hydrogen-bond acceptors (Lipinski definition) is 3. The minimum atomic E-state index is -1.13. The summed E-state index contributed by atoms with van der Waals surface area (Å²) < 4.78 is 14.2. The maximum absolute atomic E-state index is 13.4. The highest BCUT2D eigenvalue weighted by molar-refractivity contribution is 9.11. The van der Waals surface area contributed by atoms with E-state index >= 15 is 0 Å². The highest BCUT2D eigenvalue weighted by atomic mass is 79.9. The number of thiazole rings is 1. The van der Waals surface area contributed by atoms with Crippen molar-refractivity contribution in [1.82, 2.24) is 4.98 Å². The summed E-state index contributed by atoms with van der Waals surface area (Å²) >= 11 is 7.32. The number of halogens is 3. The zero-order valence-electron chi connectivity index (χ0n) is 8.08. The van der Waals surface area contributed by atoms with E-state index in [1.54, 1.807) is 6.07 Å². The Balaban J connectivity index is 2.59. The van der Waals surface area contributed by atoms with E-state index in [1.807, 2.05) is 0 Å². The average molecular weight is 381 g/mol. The standard InChI is InChI=1S/C10H4Br2FNO2S/c11-5-2-1-4(3-6(5)13)8-7(9(15)16)14-10(12)17-8/h1-3H,(H,15,16). The van der Waals surface area contributed by atoms with E-state index in [1.165, 1.54) is 12.1 Å². The van der Waals surface area contributed by atoms with Crippen molar-refractivity contribution in [2.45, 2.75) is 0 Å². The highest BCUT2D eigenvalue weighted by Gasteiger charge is 2.18. The molecule has 7 heteroatoms. The van der Waals surface area contributed by atoms with Gasteiger partial charge in [-0.3, -0.25) is 0 Å². The third-order valence-corrected chi connectivity index (χ3v) is 4.18. The molecular formula is C10H4Br2FNO2S. The van der Waals surface area contributed by atoms with Crippen molar-refractivity contribution in [3.63, 3.8) is 0 Å². The molecule has 0 aliphatic heterocycles. The molecule has 88 valence electrons. The molecule has 2 aromatic rings. The van der Waals surface area contributed by atoms with E-state index < -0.39 is 11.8 Å². The molecule has 1 aromatic heterocycles. The second-order valence-electron chi connectivity index (χ2n) is 3.08. The number of aromatic nitrogens is 1. The second kappa shape index (κ2) is 4.83. The maximum Gasteiger partial charge on any atom is 0.356 e. The van der Waals surface area contributed by atoms with E-state index in [2.05, 4.69) is 36.8 Å². The van der Waals surface area contributed by atoms with Crippen molar-refractivity contribution in [1.29, 1.82) is 0 Å². The SMILES string of the molecule is O=C(O)c1nc(Br)sc1-c1ccc(Br)c(F)c1. The summed E-state index contributed by atoms with van der Waals surface area (Å²) in [4.78, 5) is 15.2. The number of hydrogen-bond donors (Lipinski definition) is 1. The number of carbonyl (C=O) groups is 1. The second-order valence-corrected chi connectivity index (χ2v) is 6.21. The zero-order chi connectivity index (χ0) is 12.6. The largest absolute Gasteiger partial charge is 0.476 e. The van der Waals surface area contributed by atoms with Gasteiger partial charge in [0.1, 0.15) is 5.82 Å². The van der Waals surface area contributed by atoms with E-state index in [9.17, 15) is 9.18 Å². The molecule has 3 nitrogen and oxygen atoms in total. The number of aromatic carboxylic acids is 1. The number of carboxylic acid groups (broad SMARTS) is 1. The molecule has 1 heterocycles. The Morgan fingerprint density at radius 1 is 1.41 bits per heavy atom. The van der Waals surface area contributed by atoms with Crippen LogP contribution in [-0.2, 0) is 0 Å². The van der Waals surface area contributed by atoms with E-state index in [4.69, 9.17) is 5.11 Å². The van der Waals surface area contributed by atoms with Crippen LogP contribution in [0.3, 0.4) is 0 Å². The van der Waals surface area contributed by atoms with Gasteiger partial charge in [0.15, 0.2) is 9.61 Å². The molecule has 17 heavy (non-hydrogen) atoms. The van der Waals surface area contributed by atoms with Crippen molar-refractivity contribution >= 4 is 49.2 Å². The molecule has 1 aromatic carbocycles. The lowest BCUT2D eigenvalue weighted by Gasteiger charge is -2.00. The van der Waals surface area contributed by atoms with Crippen molar-refractivity contribution in [3.05, 3.63) is 38.1 Å². The van der Waals surface area contributed by atoms with Crippen LogP contribution >= 0.6 is 43.2 Å². The fourth-order valence-corrected chi connectivity index (χ4v) is 2.96. The lowest BCUT2D eigenvalue weighted by atomic mass is 10.1. The van der Waals surface area contributed by atoms with Gasteiger partial charge in [0.05, 0.1) is 9.35 Å². The summed E-state index contributed by atoms with van der Waals surface area (Å²) in [6.07, 6.45) is 0. The lowest BCUT2D eigenvalue weighted by Crippen LogP contribution is -1.98. The van der Waals surface area contributed by atoms with Crippen LogP contribution in [0.2, 0.25) is 0 Å². The summed E-state index contributed by atoms with van der Waals surface area (Å²) in [6, 6.07) is 4.44. The molecule has 0 saturated heterocycles. The molecular weight excluding hydrogens is 377 g/mol. The lowest BCUT2D eigenvalue weighted by molar-refractivity contribution is 0.0692. The Hall–Kier alpha value is -0.790. The molecule has 0 saturated carbocycles. The van der Waals surface area contributed by atoms with Crippen LogP contribution in [0.1, 0.15) is 10.5 Å². The first-order chi connectivity index (χ1) is 7.99. The maximum atomic E-state index is 13.4. The van der Waals surface area contributed by atoms with Crippen LogP contribution in [0.15, 0.2) is 26.6 Å². The van der Waals surface area contributed by atoms with Gasteiger partial charge >= 0.3 is 5.97 Å². The van der Waals surface area contributed by atoms with Crippen LogP contribution < -0.4 is 0 Å². The minimum absolute atomic E-state index is 0.0800. The topological polar surface area (TPSA) is 50.2 Å². The van der Waals surface area contributed by atoms with Gasteiger partial charge in [0.2, 0.25) is 0 Å². The molecule has 2 rings (SSSR count). The highest BCUT2D eigenvalue weighted by Crippen LogP contribution is 2.34. The average Bonchev–Trinajstić information content (AvgIpc) is 2.64. The normalized spacial score (nSPS) is 10.5. The molecule has 0 amide bonds. The van der Waals surface area contributed by atoms with E-state index in [0.717, 1.165) is 11.3 Å².